The average molecular weight is 543 g/mol. The fourth-order valence-corrected chi connectivity index (χ4v) is 5.87. The highest BCUT2D eigenvalue weighted by atomic mass is 32.2. The number of hydrogen-bond acceptors (Lipinski definition) is 9. The van der Waals surface area contributed by atoms with Gasteiger partial charge in [-0.25, -0.2) is 23.3 Å². The monoisotopic (exact) mass is 542 g/mol. The lowest BCUT2D eigenvalue weighted by molar-refractivity contribution is 0.132. The number of amides is 1. The van der Waals surface area contributed by atoms with Crippen LogP contribution in [0.2, 0.25) is 0 Å². The second-order valence-corrected chi connectivity index (χ2v) is 11.1. The maximum absolute atomic E-state index is 12.6. The molecule has 12 heteroatoms. The quantitative estimate of drug-likeness (QED) is 0.409. The van der Waals surface area contributed by atoms with Crippen LogP contribution in [0.5, 0.6) is 17.4 Å². The Labute approximate surface area is 220 Å². The molecule has 1 fully saturated rings. The van der Waals surface area contributed by atoms with Crippen molar-refractivity contribution in [2.24, 2.45) is 11.1 Å². The van der Waals surface area contributed by atoms with Crippen LogP contribution >= 0.6 is 0 Å². The molecule has 1 amide bonds. The van der Waals surface area contributed by atoms with Gasteiger partial charge in [-0.3, -0.25) is 9.88 Å². The zero-order valence-corrected chi connectivity index (χ0v) is 21.9. The summed E-state index contributed by atoms with van der Waals surface area (Å²) in [6.07, 6.45) is 3.10. The van der Waals surface area contributed by atoms with Crippen LogP contribution in [0, 0.1) is 5.92 Å². The third kappa shape index (κ3) is 6.08. The largest absolute Gasteiger partial charge is 0.486 e. The summed E-state index contributed by atoms with van der Waals surface area (Å²) in [6.45, 7) is 1.30. The molecule has 5 rings (SSSR count). The zero-order valence-electron chi connectivity index (χ0n) is 21.0. The van der Waals surface area contributed by atoms with Crippen LogP contribution < -0.4 is 24.2 Å². The molecule has 38 heavy (non-hydrogen) atoms. The summed E-state index contributed by atoms with van der Waals surface area (Å²) >= 11 is 0. The first kappa shape index (κ1) is 26.0. The van der Waals surface area contributed by atoms with Crippen LogP contribution in [0.15, 0.2) is 42.6 Å². The number of anilines is 1. The summed E-state index contributed by atoms with van der Waals surface area (Å²) in [5.41, 5.74) is 3.07. The van der Waals surface area contributed by atoms with E-state index in [9.17, 15) is 13.2 Å². The average Bonchev–Trinajstić information content (AvgIpc) is 3.29. The van der Waals surface area contributed by atoms with E-state index in [-0.39, 0.29) is 17.8 Å². The molecule has 0 radical (unpaired) electrons. The van der Waals surface area contributed by atoms with Gasteiger partial charge in [0.15, 0.2) is 11.5 Å². The van der Waals surface area contributed by atoms with E-state index in [4.69, 9.17) is 24.1 Å². The molecule has 2 atom stereocenters. The van der Waals surface area contributed by atoms with E-state index in [0.717, 1.165) is 16.6 Å². The van der Waals surface area contributed by atoms with Gasteiger partial charge in [-0.2, -0.15) is 0 Å². The highest BCUT2D eigenvalue weighted by Gasteiger charge is 2.33. The first-order valence-electron chi connectivity index (χ1n) is 12.5. The Kier molecular flexibility index (Phi) is 7.52. The third-order valence-corrected chi connectivity index (χ3v) is 7.69. The first-order chi connectivity index (χ1) is 18.3. The summed E-state index contributed by atoms with van der Waals surface area (Å²) in [5, 5.41) is 5.41. The molecule has 0 saturated carbocycles. The third-order valence-electron chi connectivity index (χ3n) is 6.75. The number of nitrogens with zero attached hydrogens (tertiary/aromatic N) is 3. The number of hydrogen-bond donors (Lipinski definition) is 1. The van der Waals surface area contributed by atoms with Crippen LogP contribution in [-0.4, -0.2) is 63.2 Å². The molecule has 2 aliphatic heterocycles. The first-order valence-corrected chi connectivity index (χ1v) is 14.2. The number of carbonyl (C=O) groups is 1. The summed E-state index contributed by atoms with van der Waals surface area (Å²) in [5.74, 6) is 1.35. The van der Waals surface area contributed by atoms with Crippen molar-refractivity contribution in [3.63, 3.8) is 0 Å². The van der Waals surface area contributed by atoms with Crippen LogP contribution in [0.4, 0.5) is 10.5 Å². The van der Waals surface area contributed by atoms with Crippen molar-refractivity contribution < 1.29 is 32.2 Å². The number of fused-ring (bicyclic) bond motifs is 2. The van der Waals surface area contributed by atoms with E-state index >= 15 is 0 Å². The number of cyclic esters (lactones) is 1. The van der Waals surface area contributed by atoms with Gasteiger partial charge in [-0.1, -0.05) is 0 Å². The number of benzene rings is 1. The minimum atomic E-state index is -3.69. The number of rotatable bonds is 10. The number of primary sulfonamides is 1. The number of ether oxygens (including phenoxy) is 4. The van der Waals surface area contributed by atoms with Gasteiger partial charge < -0.3 is 18.9 Å². The zero-order chi connectivity index (χ0) is 26.7. The van der Waals surface area contributed by atoms with Gasteiger partial charge in [0.1, 0.15) is 19.3 Å². The standard InChI is InChI=1S/C26H30N4O7S/c1-34-24-9-7-21-25(29-24)18(10-11-28-21)4-2-17(16-38(27,32)33)3-6-20-15-30(26(31)37-20)19-5-8-22-23(14-19)36-13-12-35-22/h5,7-11,14,17,20H,2-4,6,12-13,15-16H2,1H3,(H2,27,32,33)/t17-,20?/m1/s1. The van der Waals surface area contributed by atoms with E-state index in [0.29, 0.717) is 68.5 Å². The van der Waals surface area contributed by atoms with E-state index in [2.05, 4.69) is 9.97 Å². The summed E-state index contributed by atoms with van der Waals surface area (Å²) < 4.78 is 46.0. The lowest BCUT2D eigenvalue weighted by Crippen LogP contribution is -2.26. The molecule has 2 aromatic heterocycles. The van der Waals surface area contributed by atoms with E-state index < -0.39 is 16.1 Å². The van der Waals surface area contributed by atoms with Crippen molar-refractivity contribution in [3.8, 4) is 17.4 Å². The highest BCUT2D eigenvalue weighted by Crippen LogP contribution is 2.36. The van der Waals surface area contributed by atoms with E-state index in [1.165, 1.54) is 0 Å². The molecule has 11 nitrogen and oxygen atoms in total. The summed E-state index contributed by atoms with van der Waals surface area (Å²) in [6, 6.07) is 10.8. The molecule has 1 saturated heterocycles. The Hall–Kier alpha value is -3.64. The van der Waals surface area contributed by atoms with Crippen LogP contribution in [-0.2, 0) is 21.2 Å². The predicted octanol–water partition coefficient (Wildman–Crippen LogP) is 3.05. The number of aromatic nitrogens is 2. The van der Waals surface area contributed by atoms with Crippen LogP contribution in [0.25, 0.3) is 11.0 Å². The van der Waals surface area contributed by atoms with Crippen molar-refractivity contribution in [2.45, 2.75) is 31.8 Å². The second kappa shape index (κ2) is 11.0. The van der Waals surface area contributed by atoms with E-state index in [1.54, 1.807) is 42.5 Å². The summed E-state index contributed by atoms with van der Waals surface area (Å²) in [7, 11) is -2.14. The van der Waals surface area contributed by atoms with Gasteiger partial charge in [0.05, 0.1) is 36.1 Å². The molecular weight excluding hydrogens is 512 g/mol. The number of sulfonamides is 1. The molecule has 0 bridgehead atoms. The fraction of sp³-hybridized carbons (Fsp3) is 0.423. The number of methoxy groups -OCH3 is 1. The maximum atomic E-state index is 12.6. The van der Waals surface area contributed by atoms with Crippen molar-refractivity contribution in [2.75, 3.05) is 37.5 Å². The smallest absolute Gasteiger partial charge is 0.414 e. The second-order valence-electron chi connectivity index (χ2n) is 9.45. The minimum absolute atomic E-state index is 0.153. The molecular formula is C26H30N4O7S. The summed E-state index contributed by atoms with van der Waals surface area (Å²) in [4.78, 5) is 23.0. The van der Waals surface area contributed by atoms with Gasteiger partial charge in [-0.15, -0.1) is 0 Å². The van der Waals surface area contributed by atoms with E-state index in [1.807, 2.05) is 12.1 Å². The highest BCUT2D eigenvalue weighted by molar-refractivity contribution is 7.89. The van der Waals surface area contributed by atoms with Crippen molar-refractivity contribution in [3.05, 3.63) is 48.2 Å². The fourth-order valence-electron chi connectivity index (χ4n) is 4.88. The Morgan fingerprint density at radius 3 is 2.74 bits per heavy atom. The Bertz CT molecular complexity index is 1430. The minimum Gasteiger partial charge on any atom is -0.486 e. The molecule has 0 spiro atoms. The number of pyridine rings is 2. The van der Waals surface area contributed by atoms with Gasteiger partial charge in [-0.05, 0) is 61.4 Å². The Morgan fingerprint density at radius 1 is 1.13 bits per heavy atom. The van der Waals surface area contributed by atoms with Crippen molar-refractivity contribution >= 4 is 32.8 Å². The molecule has 2 aliphatic rings. The number of carbonyl (C=O) groups excluding carboxylic acids is 1. The van der Waals surface area contributed by atoms with Crippen LogP contribution in [0.1, 0.15) is 24.8 Å². The normalized spacial score (nSPS) is 17.9. The van der Waals surface area contributed by atoms with Crippen molar-refractivity contribution in [1.82, 2.24) is 9.97 Å². The number of nitrogens with two attached hydrogens (primary N) is 1. The van der Waals surface area contributed by atoms with Gasteiger partial charge in [0.2, 0.25) is 15.9 Å². The molecule has 4 heterocycles. The lowest BCUT2D eigenvalue weighted by atomic mass is 9.95. The molecule has 0 aliphatic carbocycles. The number of aryl methyl sites for hydroxylation is 1. The molecule has 1 unspecified atom stereocenters. The van der Waals surface area contributed by atoms with Gasteiger partial charge >= 0.3 is 6.09 Å². The van der Waals surface area contributed by atoms with Crippen molar-refractivity contribution in [1.29, 1.82) is 0 Å². The lowest BCUT2D eigenvalue weighted by Gasteiger charge is -2.21. The molecule has 202 valence electrons. The molecule has 2 N–H and O–H groups in total. The predicted molar refractivity (Wildman–Crippen MR) is 140 cm³/mol. The SMILES string of the molecule is COc1ccc2nccc(CC[C@H](CCC3CN(c4ccc5c(c4)OCCO5)C(=O)O3)CS(N)(=O)=O)c2n1. The molecule has 1 aromatic carbocycles. The topological polar surface area (TPSA) is 143 Å². The maximum Gasteiger partial charge on any atom is 0.414 e. The van der Waals surface area contributed by atoms with Crippen LogP contribution in [0.3, 0.4) is 0 Å². The Morgan fingerprint density at radius 2 is 1.95 bits per heavy atom. The van der Waals surface area contributed by atoms with Gasteiger partial charge in [0, 0.05) is 18.3 Å². The van der Waals surface area contributed by atoms with Gasteiger partial charge in [0.25, 0.3) is 0 Å². The molecule has 3 aromatic rings. The Balaban J connectivity index is 1.24.